The molecular weight excluding hydrogens is 290 g/mol. The molecule has 0 aliphatic heterocycles. The maximum absolute atomic E-state index is 9.86. The van der Waals surface area contributed by atoms with Crippen LogP contribution in [-0.2, 0) is 11.3 Å². The van der Waals surface area contributed by atoms with Crippen LogP contribution in [0.1, 0.15) is 32.3 Å². The number of ether oxygens (including phenoxy) is 2. The molecule has 0 spiro atoms. The molecule has 21 heavy (non-hydrogen) atoms. The minimum atomic E-state index is -0.659. The van der Waals surface area contributed by atoms with E-state index in [-0.39, 0.29) is 19.3 Å². The van der Waals surface area contributed by atoms with Crippen LogP contribution in [0.15, 0.2) is 18.2 Å². The molecule has 118 valence electrons. The molecule has 2 N–H and O–H groups in total. The summed E-state index contributed by atoms with van der Waals surface area (Å²) in [6.07, 6.45) is 1.91. The zero-order chi connectivity index (χ0) is 15.2. The Morgan fingerprint density at radius 3 is 2.76 bits per heavy atom. The van der Waals surface area contributed by atoms with E-state index in [1.54, 1.807) is 6.07 Å². The lowest BCUT2D eigenvalue weighted by molar-refractivity contribution is -0.0124. The van der Waals surface area contributed by atoms with Crippen molar-refractivity contribution in [3.63, 3.8) is 0 Å². The van der Waals surface area contributed by atoms with E-state index in [1.165, 1.54) is 12.8 Å². The van der Waals surface area contributed by atoms with E-state index in [1.807, 2.05) is 26.0 Å². The molecule has 0 amide bonds. The predicted octanol–water partition coefficient (Wildman–Crippen LogP) is 2.76. The molecular formula is C16H24ClNO3. The summed E-state index contributed by atoms with van der Waals surface area (Å²) >= 11 is 6.21. The summed E-state index contributed by atoms with van der Waals surface area (Å²) in [5.74, 6) is 0.649. The van der Waals surface area contributed by atoms with Crippen LogP contribution in [0, 0.1) is 0 Å². The van der Waals surface area contributed by atoms with Gasteiger partial charge in [0, 0.05) is 18.2 Å². The standard InChI is InChI=1S/C16H24ClNO3/c1-11(2)20-9-14(19)10-21-16-12(4-3-5-15(16)17)8-18-13-6-7-13/h3-5,11,13-14,18-19H,6-10H2,1-2H3. The maximum Gasteiger partial charge on any atom is 0.142 e. The van der Waals surface area contributed by atoms with Gasteiger partial charge in [-0.25, -0.2) is 0 Å². The van der Waals surface area contributed by atoms with Crippen molar-refractivity contribution in [1.29, 1.82) is 0 Å². The van der Waals surface area contributed by atoms with Crippen LogP contribution in [0.2, 0.25) is 5.02 Å². The largest absolute Gasteiger partial charge is 0.489 e. The van der Waals surface area contributed by atoms with Crippen LogP contribution in [-0.4, -0.2) is 36.6 Å². The van der Waals surface area contributed by atoms with Crippen LogP contribution in [0.5, 0.6) is 5.75 Å². The normalized spacial score (nSPS) is 16.2. The first-order chi connectivity index (χ1) is 10.1. The topological polar surface area (TPSA) is 50.7 Å². The molecule has 0 saturated heterocycles. The summed E-state index contributed by atoms with van der Waals surface area (Å²) < 4.78 is 11.1. The molecule has 4 nitrogen and oxygen atoms in total. The third kappa shape index (κ3) is 5.83. The van der Waals surface area contributed by atoms with Gasteiger partial charge in [0.2, 0.25) is 0 Å². The van der Waals surface area contributed by atoms with Gasteiger partial charge in [0.05, 0.1) is 17.7 Å². The zero-order valence-corrected chi connectivity index (χ0v) is 13.4. The van der Waals surface area contributed by atoms with E-state index in [0.717, 1.165) is 12.1 Å². The van der Waals surface area contributed by atoms with E-state index in [9.17, 15) is 5.11 Å². The van der Waals surface area contributed by atoms with Gasteiger partial charge in [-0.2, -0.15) is 0 Å². The Morgan fingerprint density at radius 1 is 1.33 bits per heavy atom. The third-order valence-electron chi connectivity index (χ3n) is 3.25. The fourth-order valence-electron chi connectivity index (χ4n) is 1.93. The minimum absolute atomic E-state index is 0.0956. The summed E-state index contributed by atoms with van der Waals surface area (Å²) in [5, 5.41) is 13.9. The molecule has 1 atom stereocenters. The smallest absolute Gasteiger partial charge is 0.142 e. The highest BCUT2D eigenvalue weighted by molar-refractivity contribution is 6.32. The summed E-state index contributed by atoms with van der Waals surface area (Å²) in [7, 11) is 0. The van der Waals surface area contributed by atoms with Crippen molar-refractivity contribution in [2.75, 3.05) is 13.2 Å². The summed E-state index contributed by atoms with van der Waals surface area (Å²) in [5.41, 5.74) is 1.02. The Kier molecular flexibility index (Phi) is 6.30. The molecule has 5 heteroatoms. The predicted molar refractivity (Wildman–Crippen MR) is 83.9 cm³/mol. The van der Waals surface area contributed by atoms with Crippen LogP contribution in [0.3, 0.4) is 0 Å². The fourth-order valence-corrected chi connectivity index (χ4v) is 2.18. The molecule has 1 aromatic carbocycles. The fraction of sp³-hybridized carbons (Fsp3) is 0.625. The molecule has 1 unspecified atom stereocenters. The van der Waals surface area contributed by atoms with Crippen molar-refractivity contribution < 1.29 is 14.6 Å². The second-order valence-electron chi connectivity index (χ2n) is 5.73. The average Bonchev–Trinajstić information content (AvgIpc) is 3.26. The Labute approximate surface area is 131 Å². The number of hydrogen-bond acceptors (Lipinski definition) is 4. The molecule has 1 aromatic rings. The number of hydrogen-bond donors (Lipinski definition) is 2. The molecule has 2 rings (SSSR count). The molecule has 1 saturated carbocycles. The first-order valence-corrected chi connectivity index (χ1v) is 7.87. The summed E-state index contributed by atoms with van der Waals surface area (Å²) in [6.45, 7) is 5.04. The van der Waals surface area contributed by atoms with Gasteiger partial charge in [0.25, 0.3) is 0 Å². The second kappa shape index (κ2) is 7.99. The molecule has 1 aliphatic rings. The van der Waals surface area contributed by atoms with Gasteiger partial charge in [-0.1, -0.05) is 23.7 Å². The minimum Gasteiger partial charge on any atom is -0.489 e. The number of halogens is 1. The molecule has 0 radical (unpaired) electrons. The van der Waals surface area contributed by atoms with Crippen LogP contribution in [0.4, 0.5) is 0 Å². The number of benzene rings is 1. The summed E-state index contributed by atoms with van der Waals surface area (Å²) in [6, 6.07) is 6.33. The maximum atomic E-state index is 9.86. The van der Waals surface area contributed by atoms with Gasteiger partial charge in [-0.3, -0.25) is 0 Å². The summed E-state index contributed by atoms with van der Waals surface area (Å²) in [4.78, 5) is 0. The SMILES string of the molecule is CC(C)OCC(O)COc1c(Cl)cccc1CNC1CC1. The van der Waals surface area contributed by atoms with Gasteiger partial charge < -0.3 is 19.9 Å². The van der Waals surface area contributed by atoms with E-state index in [4.69, 9.17) is 21.1 Å². The third-order valence-corrected chi connectivity index (χ3v) is 3.55. The van der Waals surface area contributed by atoms with Gasteiger partial charge in [0.1, 0.15) is 18.5 Å². The molecule has 1 aliphatic carbocycles. The van der Waals surface area contributed by atoms with Crippen molar-refractivity contribution in [3.05, 3.63) is 28.8 Å². The average molecular weight is 314 g/mol. The van der Waals surface area contributed by atoms with Crippen molar-refractivity contribution in [2.45, 2.75) is 51.5 Å². The first kappa shape index (κ1) is 16.6. The number of rotatable bonds is 9. The van der Waals surface area contributed by atoms with E-state index >= 15 is 0 Å². The molecule has 0 aromatic heterocycles. The molecule has 0 bridgehead atoms. The zero-order valence-electron chi connectivity index (χ0n) is 12.6. The second-order valence-corrected chi connectivity index (χ2v) is 6.14. The Bertz CT molecular complexity index is 449. The lowest BCUT2D eigenvalue weighted by atomic mass is 10.2. The van der Waals surface area contributed by atoms with E-state index < -0.39 is 6.10 Å². The number of aliphatic hydroxyl groups excluding tert-OH is 1. The lowest BCUT2D eigenvalue weighted by Gasteiger charge is -2.17. The molecule has 1 fully saturated rings. The number of aliphatic hydroxyl groups is 1. The monoisotopic (exact) mass is 313 g/mol. The van der Waals surface area contributed by atoms with Crippen molar-refractivity contribution in [2.24, 2.45) is 0 Å². The van der Waals surface area contributed by atoms with Gasteiger partial charge in [-0.05, 0) is 32.8 Å². The number of nitrogens with one attached hydrogen (secondary N) is 1. The van der Waals surface area contributed by atoms with Gasteiger partial charge in [0.15, 0.2) is 0 Å². The Balaban J connectivity index is 1.87. The van der Waals surface area contributed by atoms with Crippen molar-refractivity contribution >= 4 is 11.6 Å². The van der Waals surface area contributed by atoms with Crippen molar-refractivity contribution in [3.8, 4) is 5.75 Å². The van der Waals surface area contributed by atoms with Crippen LogP contribution >= 0.6 is 11.6 Å². The quantitative estimate of drug-likeness (QED) is 0.736. The van der Waals surface area contributed by atoms with E-state index in [2.05, 4.69) is 5.32 Å². The van der Waals surface area contributed by atoms with Gasteiger partial charge >= 0.3 is 0 Å². The van der Waals surface area contributed by atoms with Crippen molar-refractivity contribution in [1.82, 2.24) is 5.32 Å². The highest BCUT2D eigenvalue weighted by Crippen LogP contribution is 2.29. The Hall–Kier alpha value is -0.810. The van der Waals surface area contributed by atoms with Crippen LogP contribution < -0.4 is 10.1 Å². The Morgan fingerprint density at radius 2 is 2.10 bits per heavy atom. The van der Waals surface area contributed by atoms with E-state index in [0.29, 0.717) is 16.8 Å². The number of para-hydroxylation sites is 1. The highest BCUT2D eigenvalue weighted by Gasteiger charge is 2.21. The first-order valence-electron chi connectivity index (χ1n) is 7.49. The lowest BCUT2D eigenvalue weighted by Crippen LogP contribution is -2.25. The van der Waals surface area contributed by atoms with Crippen LogP contribution in [0.25, 0.3) is 0 Å². The highest BCUT2D eigenvalue weighted by atomic mass is 35.5. The van der Waals surface area contributed by atoms with Gasteiger partial charge in [-0.15, -0.1) is 0 Å². The molecule has 0 heterocycles.